The molecule has 0 N–H and O–H groups in total. The van der Waals surface area contributed by atoms with Gasteiger partial charge >= 0.3 is 6.09 Å². The summed E-state index contributed by atoms with van der Waals surface area (Å²) in [5, 5.41) is 5.64. The van der Waals surface area contributed by atoms with Crippen molar-refractivity contribution in [2.75, 3.05) is 20.1 Å². The van der Waals surface area contributed by atoms with Crippen molar-refractivity contribution in [3.8, 4) is 0 Å². The Hall–Kier alpha value is -2.80. The van der Waals surface area contributed by atoms with Gasteiger partial charge in [-0.3, -0.25) is 4.68 Å². The maximum Gasteiger partial charge on any atom is 0.516 e. The number of likely N-dealkylation sites (tertiary alicyclic amines) is 1. The molecule has 7 nitrogen and oxygen atoms in total. The predicted molar refractivity (Wildman–Crippen MR) is 115 cm³/mol. The van der Waals surface area contributed by atoms with Crippen LogP contribution in [0.2, 0.25) is 0 Å². The summed E-state index contributed by atoms with van der Waals surface area (Å²) in [4.78, 5) is 21.6. The van der Waals surface area contributed by atoms with Gasteiger partial charge in [-0.05, 0) is 63.4 Å². The molecule has 30 heavy (non-hydrogen) atoms. The number of nitrogens with zero attached hydrogens (tertiary/aromatic N) is 5. The third kappa shape index (κ3) is 4.51. The number of rotatable bonds is 4. The summed E-state index contributed by atoms with van der Waals surface area (Å²) in [6.07, 6.45) is 8.27. The normalized spacial score (nSPS) is 21.8. The summed E-state index contributed by atoms with van der Waals surface area (Å²) >= 11 is 0. The van der Waals surface area contributed by atoms with Crippen LogP contribution >= 0.6 is 0 Å². The van der Waals surface area contributed by atoms with Crippen LogP contribution in [0.3, 0.4) is 0 Å². The van der Waals surface area contributed by atoms with Crippen molar-refractivity contribution in [3.05, 3.63) is 54.1 Å². The molecule has 1 aliphatic rings. The minimum atomic E-state index is -0.471. The molecule has 0 radical (unpaired) electrons. The predicted octanol–water partition coefficient (Wildman–Crippen LogP) is 3.94. The van der Waals surface area contributed by atoms with E-state index in [9.17, 15) is 4.79 Å². The third-order valence-electron chi connectivity index (χ3n) is 5.62. The number of likely N-dealkylation sites (N-methyl/N-ethyl adjacent to an activating group) is 1. The Bertz CT molecular complexity index is 1050. The van der Waals surface area contributed by atoms with Gasteiger partial charge in [-0.1, -0.05) is 0 Å². The van der Waals surface area contributed by atoms with Gasteiger partial charge in [0, 0.05) is 29.9 Å². The molecular weight excluding hydrogens is 378 g/mol. The minimum absolute atomic E-state index is 0.159. The number of carbonyl (C=O) groups excluding carboxylic acids is 1. The van der Waals surface area contributed by atoms with Crippen molar-refractivity contribution in [2.24, 2.45) is 0 Å². The zero-order chi connectivity index (χ0) is 21.4. The Kier molecular flexibility index (Phi) is 5.32. The van der Waals surface area contributed by atoms with Crippen molar-refractivity contribution in [3.63, 3.8) is 0 Å². The second-order valence-corrected chi connectivity index (χ2v) is 9.41. The fourth-order valence-corrected chi connectivity index (χ4v) is 3.95. The molecule has 0 aliphatic carbocycles. The number of amides is 1. The van der Waals surface area contributed by atoms with Gasteiger partial charge in [-0.25, -0.2) is 14.5 Å². The molecule has 1 saturated heterocycles. The van der Waals surface area contributed by atoms with Gasteiger partial charge in [-0.2, -0.15) is 9.89 Å². The van der Waals surface area contributed by atoms with Crippen molar-refractivity contribution >= 4 is 17.1 Å². The molecule has 0 bridgehead atoms. The molecule has 1 unspecified atom stereocenters. The topological polar surface area (TPSA) is 69.9 Å². The van der Waals surface area contributed by atoms with Crippen LogP contribution in [0.5, 0.6) is 0 Å². The van der Waals surface area contributed by atoms with Crippen molar-refractivity contribution < 1.29 is 14.0 Å². The molecular formula is C23H30N5O2+. The summed E-state index contributed by atoms with van der Waals surface area (Å²) in [6, 6.07) is 8.29. The van der Waals surface area contributed by atoms with Crippen LogP contribution < -0.4 is 0 Å². The van der Waals surface area contributed by atoms with Crippen LogP contribution in [0.1, 0.15) is 44.5 Å². The van der Waals surface area contributed by atoms with Gasteiger partial charge in [0.15, 0.2) is 5.65 Å². The zero-order valence-electron chi connectivity index (χ0n) is 18.2. The lowest BCUT2D eigenvalue weighted by Crippen LogP contribution is -2.49. The highest BCUT2D eigenvalue weighted by atomic mass is 16.6. The van der Waals surface area contributed by atoms with E-state index in [4.69, 9.17) is 4.74 Å². The summed E-state index contributed by atoms with van der Waals surface area (Å²) in [5.41, 5.74) is 2.53. The lowest BCUT2D eigenvalue weighted by molar-refractivity contribution is -0.826. The maximum atomic E-state index is 12.6. The number of carbonyl (C=O) groups is 1. The van der Waals surface area contributed by atoms with Crippen LogP contribution in [0.4, 0.5) is 4.79 Å². The minimum Gasteiger partial charge on any atom is -0.414 e. The first-order valence-corrected chi connectivity index (χ1v) is 10.5. The van der Waals surface area contributed by atoms with Crippen molar-refractivity contribution in [1.82, 2.24) is 19.7 Å². The first-order valence-electron chi connectivity index (χ1n) is 10.5. The maximum absolute atomic E-state index is 12.6. The Labute approximate surface area is 177 Å². The van der Waals surface area contributed by atoms with E-state index in [1.54, 1.807) is 6.20 Å². The molecule has 0 spiro atoms. The van der Waals surface area contributed by atoms with Gasteiger partial charge in [0.2, 0.25) is 0 Å². The van der Waals surface area contributed by atoms with Crippen molar-refractivity contribution in [1.29, 1.82) is 0 Å². The summed E-state index contributed by atoms with van der Waals surface area (Å²) in [5.74, 6) is 0. The highest BCUT2D eigenvalue weighted by Crippen LogP contribution is 2.29. The van der Waals surface area contributed by atoms with E-state index in [0.29, 0.717) is 11.0 Å². The largest absolute Gasteiger partial charge is 0.516 e. The molecule has 0 saturated carbocycles. The Morgan fingerprint density at radius 1 is 1.27 bits per heavy atom. The Morgan fingerprint density at radius 2 is 2.10 bits per heavy atom. The van der Waals surface area contributed by atoms with E-state index in [0.717, 1.165) is 42.5 Å². The number of ether oxygens (including phenoxy) is 1. The Balaban J connectivity index is 1.37. The van der Waals surface area contributed by atoms with Crippen LogP contribution in [0.15, 0.2) is 42.9 Å². The van der Waals surface area contributed by atoms with Gasteiger partial charge in [-0.15, -0.1) is 0 Å². The van der Waals surface area contributed by atoms with E-state index in [-0.39, 0.29) is 12.1 Å². The quantitative estimate of drug-likeness (QED) is 0.612. The summed E-state index contributed by atoms with van der Waals surface area (Å²) in [7, 11) is 1.96. The first kappa shape index (κ1) is 20.5. The van der Waals surface area contributed by atoms with Crippen molar-refractivity contribution in [2.45, 2.75) is 51.7 Å². The Morgan fingerprint density at radius 3 is 2.90 bits per heavy atom. The second-order valence-electron chi connectivity index (χ2n) is 9.41. The molecule has 4 rings (SSSR count). The number of aromatic nitrogens is 4. The molecule has 3 aromatic rings. The van der Waals surface area contributed by atoms with Gasteiger partial charge in [0.1, 0.15) is 18.2 Å². The summed E-state index contributed by atoms with van der Waals surface area (Å²) in [6.45, 7) is 7.19. The third-order valence-corrected chi connectivity index (χ3v) is 5.62. The number of hydrogen-bond donors (Lipinski definition) is 0. The van der Waals surface area contributed by atoms with E-state index >= 15 is 0 Å². The fourth-order valence-electron chi connectivity index (χ4n) is 3.95. The van der Waals surface area contributed by atoms with Gasteiger partial charge in [0.25, 0.3) is 0 Å². The SMILES string of the molecule is CC(C)(C)OC(=O)[N+]1(C)CC[C@@H](n2cc(CCc3ccc4cccnc4n3)cn2)C1. The first-order chi connectivity index (χ1) is 14.2. The van der Waals surface area contributed by atoms with Crippen LogP contribution in [-0.2, 0) is 17.6 Å². The lowest BCUT2D eigenvalue weighted by atomic mass is 10.1. The molecule has 3 aromatic heterocycles. The molecule has 1 fully saturated rings. The van der Waals surface area contributed by atoms with Gasteiger partial charge < -0.3 is 4.74 Å². The highest BCUT2D eigenvalue weighted by Gasteiger charge is 2.44. The van der Waals surface area contributed by atoms with Crippen LogP contribution in [0.25, 0.3) is 11.0 Å². The summed E-state index contributed by atoms with van der Waals surface area (Å²) < 4.78 is 7.93. The second kappa shape index (κ2) is 7.80. The number of aryl methyl sites for hydroxylation is 2. The fraction of sp³-hybridized carbons (Fsp3) is 0.478. The number of pyridine rings is 2. The monoisotopic (exact) mass is 408 g/mol. The average molecular weight is 409 g/mol. The van der Waals surface area contributed by atoms with E-state index in [2.05, 4.69) is 33.4 Å². The standard InChI is InChI=1S/C23H30N5O2/c1-23(2,3)30-22(29)28(4)13-11-20(16-28)27-15-17(14-25-27)7-9-19-10-8-18-6-5-12-24-21(18)26-19/h5-6,8,10,12,14-15,20H,7,9,11,13,16H2,1-4H3/q+1/t20-,28?/m1/s1. The number of hydrogen-bond acceptors (Lipinski definition) is 5. The highest BCUT2D eigenvalue weighted by molar-refractivity contribution is 5.74. The molecule has 1 aliphatic heterocycles. The van der Waals surface area contributed by atoms with E-state index in [1.807, 2.05) is 50.8 Å². The molecule has 158 valence electrons. The molecule has 4 heterocycles. The van der Waals surface area contributed by atoms with Crippen LogP contribution in [0, 0.1) is 0 Å². The molecule has 2 atom stereocenters. The lowest BCUT2D eigenvalue weighted by Gasteiger charge is -2.29. The molecule has 7 heteroatoms. The molecule has 0 aromatic carbocycles. The average Bonchev–Trinajstić information content (AvgIpc) is 3.32. The van der Waals surface area contributed by atoms with E-state index in [1.165, 1.54) is 5.56 Å². The zero-order valence-corrected chi connectivity index (χ0v) is 18.2. The number of quaternary nitrogens is 1. The number of fused-ring (bicyclic) bond motifs is 1. The van der Waals surface area contributed by atoms with Gasteiger partial charge in [0.05, 0.1) is 19.8 Å². The van der Waals surface area contributed by atoms with Crippen LogP contribution in [-0.4, -0.2) is 56.1 Å². The molecule has 1 amide bonds. The smallest absolute Gasteiger partial charge is 0.414 e. The van der Waals surface area contributed by atoms with E-state index < -0.39 is 5.60 Å².